The van der Waals surface area contributed by atoms with Crippen molar-refractivity contribution in [3.8, 4) is 0 Å². The van der Waals surface area contributed by atoms with Crippen molar-refractivity contribution in [2.24, 2.45) is 0 Å². The molecule has 15 heavy (non-hydrogen) atoms. The summed E-state index contributed by atoms with van der Waals surface area (Å²) in [6.07, 6.45) is 1.51. The van der Waals surface area contributed by atoms with Crippen LogP contribution in [0.3, 0.4) is 0 Å². The summed E-state index contributed by atoms with van der Waals surface area (Å²) in [5, 5.41) is 5.95. The summed E-state index contributed by atoms with van der Waals surface area (Å²) in [7, 11) is 0. The number of morpholine rings is 1. The molecule has 2 rings (SSSR count). The quantitative estimate of drug-likeness (QED) is 0.712. The molecule has 0 saturated carbocycles. The smallest absolute Gasteiger partial charge is 0.272 e. The van der Waals surface area contributed by atoms with Crippen LogP contribution in [0.1, 0.15) is 10.5 Å². The van der Waals surface area contributed by atoms with Crippen LogP contribution in [0.4, 0.5) is 0 Å². The number of carbonyl (C=O) groups is 1. The fourth-order valence-electron chi connectivity index (χ4n) is 1.31. The van der Waals surface area contributed by atoms with Gasteiger partial charge < -0.3 is 15.4 Å². The predicted molar refractivity (Wildman–Crippen MR) is 54.9 cm³/mol. The van der Waals surface area contributed by atoms with Crippen LogP contribution in [-0.2, 0) is 4.74 Å². The molecule has 2 N–H and O–H groups in total. The number of aromatic nitrogens is 2. The van der Waals surface area contributed by atoms with Crippen LogP contribution in [0.25, 0.3) is 0 Å². The Hall–Kier alpha value is -1.05. The lowest BCUT2D eigenvalue weighted by Gasteiger charge is -2.23. The van der Waals surface area contributed by atoms with Gasteiger partial charge in [-0.25, -0.2) is 0 Å². The molecule has 82 valence electrons. The van der Waals surface area contributed by atoms with Gasteiger partial charge in [0.2, 0.25) is 0 Å². The lowest BCUT2D eigenvalue weighted by atomic mass is 10.3. The van der Waals surface area contributed by atoms with E-state index in [4.69, 9.17) is 4.74 Å². The Kier molecular flexibility index (Phi) is 3.59. The second-order valence-corrected chi connectivity index (χ2v) is 3.76. The Morgan fingerprint density at radius 1 is 1.80 bits per heavy atom. The molecule has 7 heteroatoms. The third-order valence-corrected chi connectivity index (χ3v) is 2.57. The van der Waals surface area contributed by atoms with E-state index in [9.17, 15) is 4.79 Å². The number of nitrogens with one attached hydrogen (secondary N) is 2. The van der Waals surface area contributed by atoms with E-state index in [-0.39, 0.29) is 12.0 Å². The van der Waals surface area contributed by atoms with Gasteiger partial charge >= 0.3 is 0 Å². The monoisotopic (exact) mass is 228 g/mol. The number of carbonyl (C=O) groups excluding carboxylic acids is 1. The number of hydrogen-bond donors (Lipinski definition) is 2. The topological polar surface area (TPSA) is 76.1 Å². The summed E-state index contributed by atoms with van der Waals surface area (Å²) in [5.41, 5.74) is 0.365. The average molecular weight is 228 g/mol. The first-order valence-corrected chi connectivity index (χ1v) is 5.47. The van der Waals surface area contributed by atoms with Gasteiger partial charge in [0.05, 0.1) is 30.6 Å². The van der Waals surface area contributed by atoms with Crippen LogP contribution in [0, 0.1) is 0 Å². The van der Waals surface area contributed by atoms with Gasteiger partial charge in [-0.15, -0.1) is 0 Å². The maximum absolute atomic E-state index is 11.5. The van der Waals surface area contributed by atoms with Crippen LogP contribution in [-0.4, -0.2) is 47.0 Å². The first-order chi connectivity index (χ1) is 7.36. The zero-order chi connectivity index (χ0) is 10.5. The van der Waals surface area contributed by atoms with E-state index in [1.807, 2.05) is 0 Å². The van der Waals surface area contributed by atoms with Gasteiger partial charge in [0.25, 0.3) is 5.91 Å². The molecular formula is C8H12N4O2S. The summed E-state index contributed by atoms with van der Waals surface area (Å²) in [6.45, 7) is 2.85. The van der Waals surface area contributed by atoms with Crippen molar-refractivity contribution in [2.75, 3.05) is 26.2 Å². The Labute approximate surface area is 91.4 Å². The Morgan fingerprint density at radius 3 is 3.40 bits per heavy atom. The molecule has 2 heterocycles. The first-order valence-electron chi connectivity index (χ1n) is 4.74. The Balaban J connectivity index is 1.75. The van der Waals surface area contributed by atoms with Crippen molar-refractivity contribution in [1.29, 1.82) is 0 Å². The molecular weight excluding hydrogens is 216 g/mol. The normalized spacial score (nSPS) is 21.2. The molecule has 1 unspecified atom stereocenters. The molecule has 0 aromatic carbocycles. The Morgan fingerprint density at radius 2 is 2.73 bits per heavy atom. The van der Waals surface area contributed by atoms with Crippen LogP contribution in [0.15, 0.2) is 6.20 Å². The van der Waals surface area contributed by atoms with Crippen LogP contribution >= 0.6 is 11.7 Å². The largest absolute Gasteiger partial charge is 0.374 e. The first kappa shape index (κ1) is 10.5. The number of amides is 1. The van der Waals surface area contributed by atoms with Crippen LogP contribution in [0.2, 0.25) is 0 Å². The second-order valence-electron chi connectivity index (χ2n) is 3.20. The molecule has 0 radical (unpaired) electrons. The lowest BCUT2D eigenvalue weighted by Crippen LogP contribution is -2.45. The SMILES string of the molecule is O=C(NCC1CNCCO1)c1cnsn1. The standard InChI is InChI=1S/C8H12N4O2S/c13-8(7-5-11-15-12-7)10-4-6-3-9-1-2-14-6/h5-6,9H,1-4H2,(H,10,13). The molecule has 0 bridgehead atoms. The minimum Gasteiger partial charge on any atom is -0.374 e. The minimum atomic E-state index is -0.196. The van der Waals surface area contributed by atoms with E-state index < -0.39 is 0 Å². The minimum absolute atomic E-state index is 0.0503. The molecule has 1 amide bonds. The molecule has 1 aliphatic heterocycles. The lowest BCUT2D eigenvalue weighted by molar-refractivity contribution is 0.0287. The van der Waals surface area contributed by atoms with Crippen molar-refractivity contribution < 1.29 is 9.53 Å². The van der Waals surface area contributed by atoms with Gasteiger partial charge in [-0.05, 0) is 0 Å². The fourth-order valence-corrected chi connectivity index (χ4v) is 1.72. The van der Waals surface area contributed by atoms with Crippen LogP contribution < -0.4 is 10.6 Å². The molecule has 1 fully saturated rings. The zero-order valence-corrected chi connectivity index (χ0v) is 8.92. The van der Waals surface area contributed by atoms with E-state index in [2.05, 4.69) is 19.4 Å². The number of hydrogen-bond acceptors (Lipinski definition) is 6. The van der Waals surface area contributed by atoms with Gasteiger partial charge in [0.15, 0.2) is 5.69 Å². The highest BCUT2D eigenvalue weighted by Crippen LogP contribution is 1.97. The fraction of sp³-hybridized carbons (Fsp3) is 0.625. The van der Waals surface area contributed by atoms with Gasteiger partial charge in [0.1, 0.15) is 0 Å². The van der Waals surface area contributed by atoms with Crippen LogP contribution in [0.5, 0.6) is 0 Å². The highest BCUT2D eigenvalue weighted by atomic mass is 32.1. The Bertz CT molecular complexity index is 310. The second kappa shape index (κ2) is 5.15. The molecule has 1 aromatic heterocycles. The van der Waals surface area contributed by atoms with E-state index in [0.717, 1.165) is 24.8 Å². The third kappa shape index (κ3) is 2.95. The zero-order valence-electron chi connectivity index (χ0n) is 8.10. The van der Waals surface area contributed by atoms with Crippen molar-refractivity contribution >= 4 is 17.6 Å². The predicted octanol–water partition coefficient (Wildman–Crippen LogP) is -0.744. The molecule has 1 atom stereocenters. The van der Waals surface area contributed by atoms with Crippen molar-refractivity contribution in [3.05, 3.63) is 11.9 Å². The maximum atomic E-state index is 11.5. The molecule has 1 saturated heterocycles. The summed E-state index contributed by atoms with van der Waals surface area (Å²) in [4.78, 5) is 11.5. The van der Waals surface area contributed by atoms with E-state index in [1.165, 1.54) is 6.20 Å². The van der Waals surface area contributed by atoms with E-state index >= 15 is 0 Å². The number of rotatable bonds is 3. The van der Waals surface area contributed by atoms with Crippen molar-refractivity contribution in [3.63, 3.8) is 0 Å². The summed E-state index contributed by atoms with van der Waals surface area (Å²) >= 11 is 1.02. The number of nitrogens with zero attached hydrogens (tertiary/aromatic N) is 2. The molecule has 1 aliphatic rings. The maximum Gasteiger partial charge on any atom is 0.272 e. The average Bonchev–Trinajstić information content (AvgIpc) is 2.81. The molecule has 6 nitrogen and oxygen atoms in total. The van der Waals surface area contributed by atoms with Gasteiger partial charge in [-0.2, -0.15) is 8.75 Å². The van der Waals surface area contributed by atoms with Gasteiger partial charge in [0, 0.05) is 19.6 Å². The van der Waals surface area contributed by atoms with Crippen molar-refractivity contribution in [2.45, 2.75) is 6.10 Å². The highest BCUT2D eigenvalue weighted by Gasteiger charge is 2.15. The third-order valence-electron chi connectivity index (χ3n) is 2.09. The van der Waals surface area contributed by atoms with E-state index in [0.29, 0.717) is 18.8 Å². The highest BCUT2D eigenvalue weighted by molar-refractivity contribution is 6.99. The molecule has 0 aliphatic carbocycles. The summed E-state index contributed by atoms with van der Waals surface area (Å²) in [6, 6.07) is 0. The molecule has 0 spiro atoms. The molecule has 1 aromatic rings. The summed E-state index contributed by atoms with van der Waals surface area (Å²) < 4.78 is 13.0. The van der Waals surface area contributed by atoms with Gasteiger partial charge in [-0.1, -0.05) is 0 Å². The number of ether oxygens (including phenoxy) is 1. The van der Waals surface area contributed by atoms with Crippen molar-refractivity contribution in [1.82, 2.24) is 19.4 Å². The van der Waals surface area contributed by atoms with E-state index in [1.54, 1.807) is 0 Å². The summed E-state index contributed by atoms with van der Waals surface area (Å²) in [5.74, 6) is -0.196. The van der Waals surface area contributed by atoms with Gasteiger partial charge in [-0.3, -0.25) is 4.79 Å².